The third kappa shape index (κ3) is 4.08. The Labute approximate surface area is 116 Å². The van der Waals surface area contributed by atoms with E-state index in [1.165, 1.54) is 12.1 Å². The molecule has 0 spiro atoms. The molecule has 0 aliphatic heterocycles. The van der Waals surface area contributed by atoms with Gasteiger partial charge in [0.1, 0.15) is 0 Å². The maximum Gasteiger partial charge on any atom is 0.405 e. The fourth-order valence-electron chi connectivity index (χ4n) is 1.36. The normalized spacial score (nSPS) is 10.8. The molecule has 1 amide bonds. The summed E-state index contributed by atoms with van der Waals surface area (Å²) in [5.41, 5.74) is 2.80. The van der Waals surface area contributed by atoms with Gasteiger partial charge in [-0.05, 0) is 24.3 Å². The van der Waals surface area contributed by atoms with E-state index in [4.69, 9.17) is 0 Å². The van der Waals surface area contributed by atoms with Gasteiger partial charge in [0.05, 0.1) is 5.69 Å². The number of carbonyl (C=O) groups is 1. The highest BCUT2D eigenvalue weighted by Gasteiger charge is 2.20. The van der Waals surface area contributed by atoms with Crippen molar-refractivity contribution in [2.45, 2.75) is 0 Å². The van der Waals surface area contributed by atoms with Gasteiger partial charge < -0.3 is 0 Å². The molecule has 0 heterocycles. The summed E-state index contributed by atoms with van der Waals surface area (Å²) < 4.78 is 30.5. The number of nitrogens with zero attached hydrogens (tertiary/aromatic N) is 1. The Morgan fingerprint density at radius 3 is 2.10 bits per heavy atom. The smallest absolute Gasteiger partial charge is 0.266 e. The van der Waals surface area contributed by atoms with E-state index in [1.54, 1.807) is 48.5 Å². The second-order valence-electron chi connectivity index (χ2n) is 3.74. The summed E-state index contributed by atoms with van der Waals surface area (Å²) in [7, 11) is -4.36. The summed E-state index contributed by atoms with van der Waals surface area (Å²) in [6, 6.07) is 16.2. The van der Waals surface area contributed by atoms with Gasteiger partial charge in [0.2, 0.25) is 0 Å². The van der Waals surface area contributed by atoms with Crippen molar-refractivity contribution in [3.8, 4) is 0 Å². The number of anilines is 1. The van der Waals surface area contributed by atoms with E-state index in [1.807, 2.05) is 0 Å². The number of nitrogens with one attached hydrogen (secondary N) is 1. The number of benzene rings is 2. The Bertz CT molecular complexity index is 672. The first kappa shape index (κ1) is 14.0. The van der Waals surface area contributed by atoms with E-state index >= 15 is 0 Å². The molecule has 0 fully saturated rings. The largest absolute Gasteiger partial charge is 0.405 e. The van der Waals surface area contributed by atoms with Gasteiger partial charge in [-0.1, -0.05) is 41.1 Å². The number of amides is 1. The van der Waals surface area contributed by atoms with Crippen LogP contribution < -0.4 is 10.2 Å². The van der Waals surface area contributed by atoms with Gasteiger partial charge in [-0.2, -0.15) is 8.42 Å². The molecule has 1 N–H and O–H groups in total. The molecule has 0 unspecified atom stereocenters. The zero-order valence-corrected chi connectivity index (χ0v) is 11.1. The average Bonchev–Trinajstić information content (AvgIpc) is 2.47. The minimum atomic E-state index is -4.36. The van der Waals surface area contributed by atoms with Crippen molar-refractivity contribution in [2.75, 3.05) is 5.48 Å². The van der Waals surface area contributed by atoms with Crippen LogP contribution in [0.1, 0.15) is 10.4 Å². The lowest BCUT2D eigenvalue weighted by atomic mass is 10.2. The van der Waals surface area contributed by atoms with Crippen molar-refractivity contribution in [1.82, 2.24) is 4.72 Å². The molecule has 7 heteroatoms. The van der Waals surface area contributed by atoms with E-state index < -0.39 is 16.2 Å². The summed E-state index contributed by atoms with van der Waals surface area (Å²) in [6.07, 6.45) is 0. The zero-order valence-electron chi connectivity index (χ0n) is 10.3. The second kappa shape index (κ2) is 6.18. The van der Waals surface area contributed by atoms with E-state index in [0.29, 0.717) is 5.69 Å². The molecule has 0 aliphatic carbocycles. The lowest BCUT2D eigenvalue weighted by molar-refractivity contribution is 0.0974. The van der Waals surface area contributed by atoms with Crippen LogP contribution in [0.5, 0.6) is 0 Å². The Kier molecular flexibility index (Phi) is 4.34. The van der Waals surface area contributed by atoms with Crippen LogP contribution in [0.4, 0.5) is 5.69 Å². The van der Waals surface area contributed by atoms with Gasteiger partial charge in [-0.3, -0.25) is 4.79 Å². The molecule has 2 rings (SSSR count). The van der Waals surface area contributed by atoms with E-state index in [-0.39, 0.29) is 5.56 Å². The summed E-state index contributed by atoms with van der Waals surface area (Å²) in [5.74, 6) is -0.888. The van der Waals surface area contributed by atoms with Crippen LogP contribution in [0.25, 0.3) is 0 Å². The minimum Gasteiger partial charge on any atom is -0.266 e. The van der Waals surface area contributed by atoms with Crippen molar-refractivity contribution in [2.24, 2.45) is 0 Å². The quantitative estimate of drug-likeness (QED) is 0.848. The standard InChI is InChI=1S/C13H11N2O4S/c16-13(11-7-3-1-4-8-11)15-20(17,18)19-14-12-9-5-2-6-10-12/h1-10,14H. The molecular formula is C13H11N2O4S. The minimum absolute atomic E-state index is 0.166. The van der Waals surface area contributed by atoms with Gasteiger partial charge in [-0.25, -0.2) is 5.48 Å². The number of para-hydroxylation sites is 1. The second-order valence-corrected chi connectivity index (χ2v) is 4.95. The Morgan fingerprint density at radius 1 is 0.950 bits per heavy atom. The molecule has 0 saturated carbocycles. The van der Waals surface area contributed by atoms with Crippen molar-refractivity contribution in [3.63, 3.8) is 0 Å². The topological polar surface area (TPSA) is 86.6 Å². The maximum absolute atomic E-state index is 11.6. The maximum atomic E-state index is 11.6. The molecule has 0 saturated heterocycles. The van der Waals surface area contributed by atoms with Gasteiger partial charge in [0.15, 0.2) is 0 Å². The molecule has 2 aromatic rings. The lowest BCUT2D eigenvalue weighted by Gasteiger charge is -2.06. The molecule has 2 aromatic carbocycles. The van der Waals surface area contributed by atoms with E-state index in [2.05, 4.69) is 14.5 Å². The number of hydrogen-bond donors (Lipinski definition) is 1. The van der Waals surface area contributed by atoms with Gasteiger partial charge in [0, 0.05) is 5.56 Å². The highest BCUT2D eigenvalue weighted by molar-refractivity contribution is 7.85. The Morgan fingerprint density at radius 2 is 1.50 bits per heavy atom. The van der Waals surface area contributed by atoms with Crippen LogP contribution in [-0.4, -0.2) is 14.3 Å². The van der Waals surface area contributed by atoms with Crippen molar-refractivity contribution in [3.05, 3.63) is 66.2 Å². The molecule has 0 aromatic heterocycles. The summed E-state index contributed by atoms with van der Waals surface area (Å²) in [5, 5.41) is 0. The number of rotatable bonds is 5. The molecule has 0 atom stereocenters. The lowest BCUT2D eigenvalue weighted by Crippen LogP contribution is -2.27. The van der Waals surface area contributed by atoms with Crippen LogP contribution in [0, 0.1) is 0 Å². The summed E-state index contributed by atoms with van der Waals surface area (Å²) >= 11 is 0. The highest BCUT2D eigenvalue weighted by Crippen LogP contribution is 2.07. The van der Waals surface area contributed by atoms with Crippen molar-refractivity contribution >= 4 is 21.9 Å². The summed E-state index contributed by atoms with van der Waals surface area (Å²) in [4.78, 5) is 11.6. The third-order valence-electron chi connectivity index (χ3n) is 2.25. The van der Waals surface area contributed by atoms with Crippen molar-refractivity contribution < 1.29 is 17.5 Å². The molecule has 6 nitrogen and oxygen atoms in total. The highest BCUT2D eigenvalue weighted by atomic mass is 32.2. The molecule has 0 aliphatic rings. The number of carbonyl (C=O) groups excluding carboxylic acids is 1. The third-order valence-corrected chi connectivity index (χ3v) is 2.94. The van der Waals surface area contributed by atoms with Gasteiger partial charge in [0.25, 0.3) is 5.91 Å². The molecule has 0 bridgehead atoms. The molecular weight excluding hydrogens is 280 g/mol. The van der Waals surface area contributed by atoms with E-state index in [0.717, 1.165) is 0 Å². The zero-order chi connectivity index (χ0) is 14.4. The molecule has 1 radical (unpaired) electrons. The van der Waals surface area contributed by atoms with Crippen LogP contribution in [0.3, 0.4) is 0 Å². The molecule has 103 valence electrons. The first-order chi connectivity index (χ1) is 9.57. The molecule has 20 heavy (non-hydrogen) atoms. The Hall–Kier alpha value is -2.38. The van der Waals surface area contributed by atoms with Crippen LogP contribution >= 0.6 is 0 Å². The van der Waals surface area contributed by atoms with Gasteiger partial charge in [-0.15, -0.1) is 4.28 Å². The monoisotopic (exact) mass is 291 g/mol. The predicted octanol–water partition coefficient (Wildman–Crippen LogP) is 1.72. The fraction of sp³-hybridized carbons (Fsp3) is 0. The van der Waals surface area contributed by atoms with Crippen LogP contribution in [-0.2, 0) is 14.6 Å². The Balaban J connectivity index is 1.96. The number of hydrogen-bond acceptors (Lipinski definition) is 5. The van der Waals surface area contributed by atoms with E-state index in [9.17, 15) is 13.2 Å². The summed E-state index contributed by atoms with van der Waals surface area (Å²) in [6.45, 7) is 0. The van der Waals surface area contributed by atoms with Crippen LogP contribution in [0.2, 0.25) is 0 Å². The first-order valence-electron chi connectivity index (χ1n) is 5.64. The predicted molar refractivity (Wildman–Crippen MR) is 73.0 cm³/mol. The van der Waals surface area contributed by atoms with Crippen LogP contribution in [0.15, 0.2) is 60.7 Å². The SMILES string of the molecule is O=C([N]S(=O)(=O)ONc1ccccc1)c1ccccc1. The van der Waals surface area contributed by atoms with Gasteiger partial charge >= 0.3 is 10.3 Å². The van der Waals surface area contributed by atoms with Crippen molar-refractivity contribution in [1.29, 1.82) is 0 Å². The first-order valence-corrected chi connectivity index (χ1v) is 7.00. The average molecular weight is 291 g/mol. The fourth-order valence-corrected chi connectivity index (χ4v) is 1.91.